The minimum absolute atomic E-state index is 0.0444. The summed E-state index contributed by atoms with van der Waals surface area (Å²) in [4.78, 5) is 15.7. The standard InChI is InChI=1S/C17H13F3N4O3/c1-24-7-6-14(22-24)13-8-10(15(25)23-26)9-21-16(13)27-12-4-2-11(3-5-12)17(18,19)20/h2-9,26H,1H3,(H,23,25). The van der Waals surface area contributed by atoms with Crippen LogP contribution in [0, 0.1) is 0 Å². The van der Waals surface area contributed by atoms with Crippen LogP contribution in [0.3, 0.4) is 0 Å². The molecular weight excluding hydrogens is 365 g/mol. The van der Waals surface area contributed by atoms with Gasteiger partial charge in [-0.3, -0.25) is 14.7 Å². The Morgan fingerprint density at radius 3 is 2.48 bits per heavy atom. The maximum atomic E-state index is 12.7. The van der Waals surface area contributed by atoms with Gasteiger partial charge in [-0.2, -0.15) is 18.3 Å². The van der Waals surface area contributed by atoms with Crippen LogP contribution in [-0.4, -0.2) is 25.9 Å². The largest absolute Gasteiger partial charge is 0.438 e. The summed E-state index contributed by atoms with van der Waals surface area (Å²) >= 11 is 0. The zero-order valence-electron chi connectivity index (χ0n) is 13.9. The molecule has 0 bridgehead atoms. The van der Waals surface area contributed by atoms with E-state index in [4.69, 9.17) is 9.94 Å². The van der Waals surface area contributed by atoms with Crippen molar-refractivity contribution >= 4 is 5.91 Å². The predicted octanol–water partition coefficient (Wildman–Crippen LogP) is 3.41. The Hall–Kier alpha value is -3.40. The van der Waals surface area contributed by atoms with Gasteiger partial charge < -0.3 is 4.74 Å². The number of nitrogens with one attached hydrogen (secondary N) is 1. The van der Waals surface area contributed by atoms with Crippen molar-refractivity contribution in [3.05, 3.63) is 59.9 Å². The Bertz CT molecular complexity index is 968. The van der Waals surface area contributed by atoms with E-state index in [1.54, 1.807) is 19.3 Å². The highest BCUT2D eigenvalue weighted by molar-refractivity contribution is 5.94. The second-order valence-corrected chi connectivity index (χ2v) is 5.52. The van der Waals surface area contributed by atoms with E-state index in [-0.39, 0.29) is 17.2 Å². The van der Waals surface area contributed by atoms with Gasteiger partial charge in [0.15, 0.2) is 0 Å². The molecule has 0 saturated heterocycles. The molecule has 0 aliphatic rings. The first-order chi connectivity index (χ1) is 12.8. The van der Waals surface area contributed by atoms with Gasteiger partial charge in [0.25, 0.3) is 5.91 Å². The fourth-order valence-corrected chi connectivity index (χ4v) is 2.29. The van der Waals surface area contributed by atoms with Crippen molar-refractivity contribution in [2.24, 2.45) is 7.05 Å². The van der Waals surface area contributed by atoms with E-state index < -0.39 is 17.6 Å². The third-order valence-electron chi connectivity index (χ3n) is 3.60. The number of benzene rings is 1. The highest BCUT2D eigenvalue weighted by atomic mass is 19.4. The zero-order valence-corrected chi connectivity index (χ0v) is 13.9. The molecule has 0 aliphatic heterocycles. The number of rotatable bonds is 4. The number of ether oxygens (including phenoxy) is 1. The summed E-state index contributed by atoms with van der Waals surface area (Å²) in [6, 6.07) is 7.17. The van der Waals surface area contributed by atoms with E-state index in [0.29, 0.717) is 11.3 Å². The molecule has 0 radical (unpaired) electrons. The maximum absolute atomic E-state index is 12.7. The number of aromatic nitrogens is 3. The van der Waals surface area contributed by atoms with Crippen molar-refractivity contribution in [3.63, 3.8) is 0 Å². The molecule has 1 amide bonds. The number of hydroxylamine groups is 1. The van der Waals surface area contributed by atoms with Crippen LogP contribution in [0.25, 0.3) is 11.3 Å². The lowest BCUT2D eigenvalue weighted by Gasteiger charge is -2.11. The Balaban J connectivity index is 1.98. The quantitative estimate of drug-likeness (QED) is 0.536. The fraction of sp³-hybridized carbons (Fsp3) is 0.118. The fourth-order valence-electron chi connectivity index (χ4n) is 2.29. The molecule has 0 aliphatic carbocycles. The van der Waals surface area contributed by atoms with E-state index in [2.05, 4.69) is 10.1 Å². The number of amides is 1. The highest BCUT2D eigenvalue weighted by Gasteiger charge is 2.30. The molecule has 140 valence electrons. The average molecular weight is 378 g/mol. The molecule has 2 heterocycles. The summed E-state index contributed by atoms with van der Waals surface area (Å²) in [6.07, 6.45) is -1.62. The molecular formula is C17H13F3N4O3. The average Bonchev–Trinajstić information content (AvgIpc) is 3.07. The summed E-state index contributed by atoms with van der Waals surface area (Å²) in [5, 5.41) is 13.0. The molecule has 2 N–H and O–H groups in total. The molecule has 10 heteroatoms. The summed E-state index contributed by atoms with van der Waals surface area (Å²) in [7, 11) is 1.69. The number of carbonyl (C=O) groups is 1. The SMILES string of the molecule is Cn1ccc(-c2cc(C(=O)NO)cnc2Oc2ccc(C(F)(F)F)cc2)n1. The molecule has 3 aromatic rings. The lowest BCUT2D eigenvalue weighted by Crippen LogP contribution is -2.18. The van der Waals surface area contributed by atoms with Crippen molar-refractivity contribution in [1.29, 1.82) is 0 Å². The van der Waals surface area contributed by atoms with Gasteiger partial charge in [-0.15, -0.1) is 0 Å². The van der Waals surface area contributed by atoms with Crippen LogP contribution in [-0.2, 0) is 13.2 Å². The third kappa shape index (κ3) is 4.06. The number of aryl methyl sites for hydroxylation is 1. The summed E-state index contributed by atoms with van der Waals surface area (Å²) < 4.78 is 45.1. The van der Waals surface area contributed by atoms with Crippen LogP contribution < -0.4 is 10.2 Å². The van der Waals surface area contributed by atoms with Gasteiger partial charge in [0, 0.05) is 19.4 Å². The number of hydrogen-bond acceptors (Lipinski definition) is 5. The lowest BCUT2D eigenvalue weighted by atomic mass is 10.1. The molecule has 1 aromatic carbocycles. The molecule has 27 heavy (non-hydrogen) atoms. The van der Waals surface area contributed by atoms with Crippen molar-refractivity contribution in [2.45, 2.75) is 6.18 Å². The van der Waals surface area contributed by atoms with E-state index in [1.165, 1.54) is 28.4 Å². The van der Waals surface area contributed by atoms with Crippen LogP contribution in [0.15, 0.2) is 48.8 Å². The molecule has 0 saturated carbocycles. The first-order valence-electron chi connectivity index (χ1n) is 7.57. The van der Waals surface area contributed by atoms with Gasteiger partial charge in [0.2, 0.25) is 5.88 Å². The number of pyridine rings is 1. The van der Waals surface area contributed by atoms with Gasteiger partial charge in [-0.1, -0.05) is 0 Å². The number of hydrogen-bond donors (Lipinski definition) is 2. The third-order valence-corrected chi connectivity index (χ3v) is 3.60. The van der Waals surface area contributed by atoms with Crippen LogP contribution >= 0.6 is 0 Å². The lowest BCUT2D eigenvalue weighted by molar-refractivity contribution is -0.137. The minimum atomic E-state index is -4.45. The molecule has 0 atom stereocenters. The number of carbonyl (C=O) groups excluding carboxylic acids is 1. The number of alkyl halides is 3. The van der Waals surface area contributed by atoms with Gasteiger partial charge in [-0.05, 0) is 36.4 Å². The van der Waals surface area contributed by atoms with Crippen LogP contribution in [0.1, 0.15) is 15.9 Å². The van der Waals surface area contributed by atoms with Crippen molar-refractivity contribution < 1.29 is 27.9 Å². The normalized spacial score (nSPS) is 11.3. The smallest absolute Gasteiger partial charge is 0.416 e. The van der Waals surface area contributed by atoms with Gasteiger partial charge >= 0.3 is 6.18 Å². The Morgan fingerprint density at radius 2 is 1.93 bits per heavy atom. The first kappa shape index (κ1) is 18.4. The molecule has 2 aromatic heterocycles. The van der Waals surface area contributed by atoms with Gasteiger partial charge in [0.05, 0.1) is 22.4 Å². The Labute approximate surface area is 151 Å². The van der Waals surface area contributed by atoms with Gasteiger partial charge in [0.1, 0.15) is 5.75 Å². The van der Waals surface area contributed by atoms with Crippen molar-refractivity contribution in [1.82, 2.24) is 20.2 Å². The summed E-state index contributed by atoms with van der Waals surface area (Å²) in [5.41, 5.74) is 1.51. The van der Waals surface area contributed by atoms with Crippen LogP contribution in [0.5, 0.6) is 11.6 Å². The van der Waals surface area contributed by atoms with Crippen LogP contribution in [0.2, 0.25) is 0 Å². The van der Waals surface area contributed by atoms with Crippen molar-refractivity contribution in [2.75, 3.05) is 0 Å². The van der Waals surface area contributed by atoms with E-state index >= 15 is 0 Å². The van der Waals surface area contributed by atoms with Crippen molar-refractivity contribution in [3.8, 4) is 22.9 Å². The number of halogens is 3. The predicted molar refractivity (Wildman–Crippen MR) is 87.2 cm³/mol. The second kappa shape index (κ2) is 7.08. The molecule has 3 rings (SSSR count). The first-order valence-corrected chi connectivity index (χ1v) is 7.57. The Morgan fingerprint density at radius 1 is 1.22 bits per heavy atom. The topological polar surface area (TPSA) is 89.3 Å². The maximum Gasteiger partial charge on any atom is 0.416 e. The van der Waals surface area contributed by atoms with E-state index in [0.717, 1.165) is 18.3 Å². The zero-order chi connectivity index (χ0) is 19.6. The Kier molecular flexibility index (Phi) is 4.82. The second-order valence-electron chi connectivity index (χ2n) is 5.52. The minimum Gasteiger partial charge on any atom is -0.438 e. The molecule has 0 fully saturated rings. The highest BCUT2D eigenvalue weighted by Crippen LogP contribution is 2.34. The van der Waals surface area contributed by atoms with E-state index in [9.17, 15) is 18.0 Å². The molecule has 0 spiro atoms. The number of nitrogens with zero attached hydrogens (tertiary/aromatic N) is 3. The van der Waals surface area contributed by atoms with E-state index in [1.807, 2.05) is 0 Å². The van der Waals surface area contributed by atoms with Gasteiger partial charge in [-0.25, -0.2) is 10.5 Å². The van der Waals surface area contributed by atoms with Crippen LogP contribution in [0.4, 0.5) is 13.2 Å². The summed E-state index contributed by atoms with van der Waals surface area (Å²) in [5.74, 6) is -0.601. The monoisotopic (exact) mass is 378 g/mol. The summed E-state index contributed by atoms with van der Waals surface area (Å²) in [6.45, 7) is 0. The molecule has 0 unspecified atom stereocenters. The molecule has 7 nitrogen and oxygen atoms in total.